The van der Waals surface area contributed by atoms with Crippen molar-refractivity contribution in [2.75, 3.05) is 7.11 Å². The van der Waals surface area contributed by atoms with Gasteiger partial charge >= 0.3 is 0 Å². The molecule has 0 saturated heterocycles. The molecule has 1 aromatic carbocycles. The molecule has 1 aromatic heterocycles. The lowest BCUT2D eigenvalue weighted by Crippen LogP contribution is -2.23. The number of nitrogens with zero attached hydrogens (tertiary/aromatic N) is 1. The molecule has 0 amide bonds. The van der Waals surface area contributed by atoms with Gasteiger partial charge in [0, 0.05) is 6.54 Å². The Morgan fingerprint density at radius 1 is 1.35 bits per heavy atom. The number of thiazole rings is 1. The highest BCUT2D eigenvalue weighted by Crippen LogP contribution is 2.26. The van der Waals surface area contributed by atoms with E-state index in [-0.39, 0.29) is 15.2 Å². The normalized spacial score (nSPS) is 11.6. The summed E-state index contributed by atoms with van der Waals surface area (Å²) in [5.41, 5.74) is 1.24. The van der Waals surface area contributed by atoms with Crippen molar-refractivity contribution in [1.29, 1.82) is 0 Å². The van der Waals surface area contributed by atoms with Crippen molar-refractivity contribution in [3.63, 3.8) is 0 Å². The van der Waals surface area contributed by atoms with Gasteiger partial charge in [0.25, 0.3) is 10.0 Å². The summed E-state index contributed by atoms with van der Waals surface area (Å²) in [5, 5.41) is 0. The molecule has 8 heteroatoms. The van der Waals surface area contributed by atoms with Crippen molar-refractivity contribution in [3.8, 4) is 5.75 Å². The van der Waals surface area contributed by atoms with Gasteiger partial charge in [0.15, 0.2) is 8.68 Å². The van der Waals surface area contributed by atoms with Crippen LogP contribution in [0.2, 0.25) is 4.47 Å². The van der Waals surface area contributed by atoms with E-state index in [1.807, 2.05) is 0 Å². The zero-order valence-corrected chi connectivity index (χ0v) is 13.3. The summed E-state index contributed by atoms with van der Waals surface area (Å²) in [5.74, 6) is 0.724. The van der Waals surface area contributed by atoms with Gasteiger partial charge in [-0.2, -0.15) is 0 Å². The number of aryl methyl sites for hydroxylation is 1. The zero-order valence-electron chi connectivity index (χ0n) is 10.9. The van der Waals surface area contributed by atoms with Gasteiger partial charge in [-0.25, -0.2) is 18.1 Å². The lowest BCUT2D eigenvalue weighted by molar-refractivity contribution is 0.414. The van der Waals surface area contributed by atoms with Gasteiger partial charge < -0.3 is 4.74 Å². The van der Waals surface area contributed by atoms with Crippen molar-refractivity contribution in [3.05, 3.63) is 40.0 Å². The first kappa shape index (κ1) is 15.2. The Morgan fingerprint density at radius 2 is 2.00 bits per heavy atom. The minimum absolute atomic E-state index is 0.149. The molecule has 0 saturated carbocycles. The minimum Gasteiger partial charge on any atom is -0.497 e. The Labute approximate surface area is 126 Å². The van der Waals surface area contributed by atoms with Crippen LogP contribution in [0.5, 0.6) is 5.75 Å². The zero-order chi connectivity index (χ0) is 14.8. The van der Waals surface area contributed by atoms with Gasteiger partial charge in [-0.15, -0.1) is 0 Å². The van der Waals surface area contributed by atoms with Crippen LogP contribution in [0.4, 0.5) is 0 Å². The molecule has 1 heterocycles. The van der Waals surface area contributed by atoms with Crippen LogP contribution in [0.3, 0.4) is 0 Å². The quantitative estimate of drug-likeness (QED) is 0.913. The fraction of sp³-hybridized carbons (Fsp3) is 0.250. The molecule has 0 bridgehead atoms. The molecule has 20 heavy (non-hydrogen) atoms. The lowest BCUT2D eigenvalue weighted by atomic mass is 10.2. The van der Waals surface area contributed by atoms with Crippen LogP contribution in [0.25, 0.3) is 0 Å². The number of nitrogens with one attached hydrogen (secondary N) is 1. The molecule has 2 rings (SSSR count). The predicted molar refractivity (Wildman–Crippen MR) is 78.9 cm³/mol. The van der Waals surface area contributed by atoms with Crippen molar-refractivity contribution < 1.29 is 13.2 Å². The van der Waals surface area contributed by atoms with Crippen LogP contribution in [0.1, 0.15) is 11.3 Å². The Hall–Kier alpha value is -1.15. The van der Waals surface area contributed by atoms with Crippen LogP contribution in [0, 0.1) is 6.92 Å². The van der Waals surface area contributed by atoms with E-state index in [0.717, 1.165) is 22.6 Å². The summed E-state index contributed by atoms with van der Waals surface area (Å²) in [4.78, 5) is 3.90. The second-order valence-electron chi connectivity index (χ2n) is 4.01. The minimum atomic E-state index is -3.59. The topological polar surface area (TPSA) is 68.3 Å². The molecule has 0 fully saturated rings. The number of hydrogen-bond acceptors (Lipinski definition) is 5. The maximum atomic E-state index is 12.1. The van der Waals surface area contributed by atoms with E-state index < -0.39 is 10.0 Å². The van der Waals surface area contributed by atoms with Crippen molar-refractivity contribution in [2.45, 2.75) is 17.7 Å². The third-order valence-electron chi connectivity index (χ3n) is 2.60. The number of halogens is 1. The first-order valence-electron chi connectivity index (χ1n) is 5.68. The Balaban J connectivity index is 2.11. The average Bonchev–Trinajstić information content (AvgIpc) is 2.77. The van der Waals surface area contributed by atoms with E-state index in [1.165, 1.54) is 0 Å². The highest BCUT2D eigenvalue weighted by atomic mass is 35.5. The maximum Gasteiger partial charge on any atom is 0.252 e. The molecule has 0 atom stereocenters. The average molecular weight is 333 g/mol. The van der Waals surface area contributed by atoms with E-state index in [2.05, 4.69) is 9.71 Å². The van der Waals surface area contributed by atoms with Gasteiger partial charge in [0.05, 0.1) is 12.8 Å². The Bertz CT molecular complexity index is 696. The van der Waals surface area contributed by atoms with Crippen LogP contribution < -0.4 is 9.46 Å². The third-order valence-corrected chi connectivity index (χ3v) is 5.87. The van der Waals surface area contributed by atoms with E-state index in [1.54, 1.807) is 38.3 Å². The van der Waals surface area contributed by atoms with Crippen LogP contribution in [0.15, 0.2) is 28.5 Å². The third kappa shape index (κ3) is 3.49. The fourth-order valence-electron chi connectivity index (χ4n) is 1.59. The highest BCUT2D eigenvalue weighted by molar-refractivity contribution is 7.91. The van der Waals surface area contributed by atoms with Crippen molar-refractivity contribution in [1.82, 2.24) is 9.71 Å². The van der Waals surface area contributed by atoms with Crippen molar-refractivity contribution >= 4 is 33.0 Å². The molecule has 0 aliphatic rings. The van der Waals surface area contributed by atoms with Crippen molar-refractivity contribution in [2.24, 2.45) is 0 Å². The predicted octanol–water partition coefficient (Wildman–Crippen LogP) is 2.59. The molecule has 0 spiro atoms. The summed E-state index contributed by atoms with van der Waals surface area (Å²) < 4.78 is 32.2. The SMILES string of the molecule is COc1ccc(CNS(=O)(=O)c2sc(Cl)nc2C)cc1. The number of ether oxygens (including phenoxy) is 1. The van der Waals surface area contributed by atoms with Crippen LogP contribution >= 0.6 is 22.9 Å². The van der Waals surface area contributed by atoms with Gasteiger partial charge in [-0.1, -0.05) is 35.1 Å². The molecular weight excluding hydrogens is 320 g/mol. The van der Waals surface area contributed by atoms with Crippen LogP contribution in [-0.4, -0.2) is 20.5 Å². The number of methoxy groups -OCH3 is 1. The second kappa shape index (κ2) is 6.09. The summed E-state index contributed by atoms with van der Waals surface area (Å²) in [7, 11) is -2.02. The van der Waals surface area contributed by atoms with Gasteiger partial charge in [-0.3, -0.25) is 0 Å². The van der Waals surface area contributed by atoms with E-state index in [9.17, 15) is 8.42 Å². The standard InChI is InChI=1S/C12H13ClN2O3S2/c1-8-11(19-12(13)15-8)20(16,17)14-7-9-3-5-10(18-2)6-4-9/h3-6,14H,7H2,1-2H3. The number of rotatable bonds is 5. The Morgan fingerprint density at radius 3 is 2.50 bits per heavy atom. The molecule has 2 aromatic rings. The molecule has 5 nitrogen and oxygen atoms in total. The maximum absolute atomic E-state index is 12.1. The molecule has 0 aliphatic carbocycles. The molecule has 108 valence electrons. The number of hydrogen-bond donors (Lipinski definition) is 1. The number of aromatic nitrogens is 1. The molecule has 0 aliphatic heterocycles. The molecule has 0 radical (unpaired) electrons. The monoisotopic (exact) mass is 332 g/mol. The molecule has 0 unspecified atom stereocenters. The molecule has 1 N–H and O–H groups in total. The summed E-state index contributed by atoms with van der Waals surface area (Å²) in [6.45, 7) is 1.81. The highest BCUT2D eigenvalue weighted by Gasteiger charge is 2.20. The van der Waals surface area contributed by atoms with E-state index >= 15 is 0 Å². The first-order chi connectivity index (χ1) is 9.42. The van der Waals surface area contributed by atoms with Gasteiger partial charge in [-0.05, 0) is 24.6 Å². The summed E-state index contributed by atoms with van der Waals surface area (Å²) in [6, 6.07) is 7.15. The van der Waals surface area contributed by atoms with E-state index in [0.29, 0.717) is 5.69 Å². The Kier molecular flexibility index (Phi) is 4.64. The molecular formula is C12H13ClN2O3S2. The summed E-state index contributed by atoms with van der Waals surface area (Å²) in [6.07, 6.45) is 0. The first-order valence-corrected chi connectivity index (χ1v) is 8.35. The van der Waals surface area contributed by atoms with Crippen LogP contribution in [-0.2, 0) is 16.6 Å². The fourth-order valence-corrected chi connectivity index (χ4v) is 4.39. The number of benzene rings is 1. The summed E-state index contributed by atoms with van der Waals surface area (Å²) >= 11 is 6.67. The smallest absolute Gasteiger partial charge is 0.252 e. The van der Waals surface area contributed by atoms with Gasteiger partial charge in [0.2, 0.25) is 0 Å². The van der Waals surface area contributed by atoms with Gasteiger partial charge in [0.1, 0.15) is 5.75 Å². The largest absolute Gasteiger partial charge is 0.497 e. The number of sulfonamides is 1. The lowest BCUT2D eigenvalue weighted by Gasteiger charge is -2.06. The van der Waals surface area contributed by atoms with E-state index in [4.69, 9.17) is 16.3 Å². The second-order valence-corrected chi connectivity index (χ2v) is 7.56.